The number of amides is 1. The number of carbonyl (C=O) groups excluding carboxylic acids is 1. The summed E-state index contributed by atoms with van der Waals surface area (Å²) in [7, 11) is 4.62. The molecule has 0 spiro atoms. The average molecular weight is 358 g/mol. The molecule has 0 N–H and O–H groups in total. The van der Waals surface area contributed by atoms with Gasteiger partial charge in [-0.3, -0.25) is 4.79 Å². The first-order valence-corrected chi connectivity index (χ1v) is 7.96. The second-order valence-corrected chi connectivity index (χ2v) is 5.48. The molecule has 1 heterocycles. The molecular weight excluding hydrogens is 338 g/mol. The van der Waals surface area contributed by atoms with Crippen LogP contribution in [0.25, 0.3) is 0 Å². The van der Waals surface area contributed by atoms with E-state index in [1.165, 1.54) is 14.2 Å². The van der Waals surface area contributed by atoms with Gasteiger partial charge in [0, 0.05) is 17.9 Å². The quantitative estimate of drug-likeness (QED) is 0.760. The third-order valence-corrected chi connectivity index (χ3v) is 4.50. The van der Waals surface area contributed by atoms with Crippen LogP contribution in [0, 0.1) is 0 Å². The molecule has 1 saturated heterocycles. The molecule has 1 aliphatic heterocycles. The van der Waals surface area contributed by atoms with Crippen molar-refractivity contribution in [2.24, 2.45) is 0 Å². The Hall–Kier alpha value is -1.43. The van der Waals surface area contributed by atoms with E-state index >= 15 is 0 Å². The maximum atomic E-state index is 12.8. The van der Waals surface area contributed by atoms with Crippen molar-refractivity contribution < 1.29 is 19.0 Å². The second kappa shape index (κ2) is 7.02. The predicted octanol–water partition coefficient (Wildman–Crippen LogP) is 2.71. The molecule has 2 rings (SSSR count). The van der Waals surface area contributed by atoms with Gasteiger partial charge in [-0.2, -0.15) is 0 Å². The number of hydrogen-bond acceptors (Lipinski definition) is 4. The fourth-order valence-electron chi connectivity index (χ4n) is 2.69. The van der Waals surface area contributed by atoms with E-state index < -0.39 is 0 Å². The highest BCUT2D eigenvalue weighted by atomic mass is 79.9. The Balaban J connectivity index is 2.41. The normalized spacial score (nSPS) is 17.7. The molecule has 6 heteroatoms. The van der Waals surface area contributed by atoms with Crippen LogP contribution in [0.1, 0.15) is 23.2 Å². The van der Waals surface area contributed by atoms with Crippen LogP contribution in [0.3, 0.4) is 0 Å². The van der Waals surface area contributed by atoms with Crippen molar-refractivity contribution in [3.8, 4) is 17.2 Å². The first kappa shape index (κ1) is 15.9. The van der Waals surface area contributed by atoms with Gasteiger partial charge in [0.05, 0.1) is 26.9 Å². The summed E-state index contributed by atoms with van der Waals surface area (Å²) < 4.78 is 16.0. The van der Waals surface area contributed by atoms with Crippen molar-refractivity contribution in [1.82, 2.24) is 4.90 Å². The van der Waals surface area contributed by atoms with Crippen molar-refractivity contribution in [2.75, 3.05) is 33.2 Å². The number of likely N-dealkylation sites (tertiary alicyclic amines) is 1. The number of ether oxygens (including phenoxy) is 3. The SMILES string of the molecule is COc1ccc(C(=O)N2CCCC2CBr)c(OC)c1OC. The van der Waals surface area contributed by atoms with Crippen LogP contribution < -0.4 is 14.2 Å². The zero-order valence-electron chi connectivity index (χ0n) is 12.5. The second-order valence-electron chi connectivity index (χ2n) is 4.83. The molecule has 0 saturated carbocycles. The summed E-state index contributed by atoms with van der Waals surface area (Å²) in [5, 5.41) is 0.786. The molecule has 1 fully saturated rings. The molecule has 0 bridgehead atoms. The summed E-state index contributed by atoms with van der Waals surface area (Å²) in [5.74, 6) is 1.38. The molecule has 21 heavy (non-hydrogen) atoms. The van der Waals surface area contributed by atoms with Gasteiger partial charge in [-0.25, -0.2) is 0 Å². The number of rotatable bonds is 5. The Morgan fingerprint density at radius 3 is 2.52 bits per heavy atom. The van der Waals surface area contributed by atoms with E-state index in [0.29, 0.717) is 22.8 Å². The molecule has 0 aromatic heterocycles. The van der Waals surface area contributed by atoms with E-state index in [2.05, 4.69) is 15.9 Å². The smallest absolute Gasteiger partial charge is 0.258 e. The van der Waals surface area contributed by atoms with E-state index in [1.54, 1.807) is 19.2 Å². The third kappa shape index (κ3) is 2.95. The van der Waals surface area contributed by atoms with Gasteiger partial charge in [0.25, 0.3) is 5.91 Å². The lowest BCUT2D eigenvalue weighted by atomic mass is 10.1. The Morgan fingerprint density at radius 2 is 1.95 bits per heavy atom. The maximum absolute atomic E-state index is 12.8. The highest BCUT2D eigenvalue weighted by Gasteiger charge is 2.31. The zero-order valence-corrected chi connectivity index (χ0v) is 14.1. The van der Waals surface area contributed by atoms with Crippen LogP contribution in [-0.2, 0) is 0 Å². The third-order valence-electron chi connectivity index (χ3n) is 3.75. The molecule has 1 aromatic rings. The predicted molar refractivity (Wildman–Crippen MR) is 84.0 cm³/mol. The maximum Gasteiger partial charge on any atom is 0.258 e. The monoisotopic (exact) mass is 357 g/mol. The standard InChI is InChI=1S/C15H20BrNO4/c1-19-12-7-6-11(13(20-2)14(12)21-3)15(18)17-8-4-5-10(17)9-16/h6-7,10H,4-5,8-9H2,1-3H3. The molecule has 1 atom stereocenters. The lowest BCUT2D eigenvalue weighted by Gasteiger charge is -2.24. The van der Waals surface area contributed by atoms with Crippen molar-refractivity contribution in [3.63, 3.8) is 0 Å². The molecule has 5 nitrogen and oxygen atoms in total. The van der Waals surface area contributed by atoms with E-state index in [1.807, 2.05) is 4.90 Å². The summed E-state index contributed by atoms with van der Waals surface area (Å²) in [6.07, 6.45) is 2.05. The number of nitrogens with zero attached hydrogens (tertiary/aromatic N) is 1. The van der Waals surface area contributed by atoms with Gasteiger partial charge in [0.15, 0.2) is 11.5 Å². The largest absolute Gasteiger partial charge is 0.493 e. The van der Waals surface area contributed by atoms with Gasteiger partial charge in [0.2, 0.25) is 5.75 Å². The Kier molecular flexibility index (Phi) is 5.33. The minimum atomic E-state index is -0.0326. The van der Waals surface area contributed by atoms with Crippen LogP contribution in [0.15, 0.2) is 12.1 Å². The molecule has 116 valence electrons. The lowest BCUT2D eigenvalue weighted by Crippen LogP contribution is -2.36. The minimum Gasteiger partial charge on any atom is -0.493 e. The summed E-state index contributed by atoms with van der Waals surface area (Å²) in [5.41, 5.74) is 0.503. The number of carbonyl (C=O) groups is 1. The van der Waals surface area contributed by atoms with Crippen LogP contribution in [-0.4, -0.2) is 50.1 Å². The molecule has 1 unspecified atom stereocenters. The van der Waals surface area contributed by atoms with Gasteiger partial charge in [-0.05, 0) is 25.0 Å². The van der Waals surface area contributed by atoms with Gasteiger partial charge in [0.1, 0.15) is 0 Å². The molecule has 0 aliphatic carbocycles. The highest BCUT2D eigenvalue weighted by Crippen LogP contribution is 2.40. The first-order valence-electron chi connectivity index (χ1n) is 6.83. The van der Waals surface area contributed by atoms with Crippen molar-refractivity contribution in [1.29, 1.82) is 0 Å². The van der Waals surface area contributed by atoms with Crippen LogP contribution in [0.4, 0.5) is 0 Å². The van der Waals surface area contributed by atoms with E-state index in [0.717, 1.165) is 24.7 Å². The van der Waals surface area contributed by atoms with Crippen LogP contribution in [0.5, 0.6) is 17.2 Å². The Bertz CT molecular complexity index is 521. The van der Waals surface area contributed by atoms with Gasteiger partial charge >= 0.3 is 0 Å². The van der Waals surface area contributed by atoms with Crippen molar-refractivity contribution in [2.45, 2.75) is 18.9 Å². The average Bonchev–Trinajstić information content (AvgIpc) is 3.00. The van der Waals surface area contributed by atoms with Crippen LogP contribution in [0.2, 0.25) is 0 Å². The van der Waals surface area contributed by atoms with E-state index in [4.69, 9.17) is 14.2 Å². The fourth-order valence-corrected chi connectivity index (χ4v) is 3.36. The lowest BCUT2D eigenvalue weighted by molar-refractivity contribution is 0.0746. The van der Waals surface area contributed by atoms with Gasteiger partial charge < -0.3 is 19.1 Å². The van der Waals surface area contributed by atoms with Crippen LogP contribution >= 0.6 is 15.9 Å². The minimum absolute atomic E-state index is 0.0326. The number of halogens is 1. The van der Waals surface area contributed by atoms with Gasteiger partial charge in [-0.1, -0.05) is 15.9 Å². The fraction of sp³-hybridized carbons (Fsp3) is 0.533. The number of hydrogen-bond donors (Lipinski definition) is 0. The molecule has 1 aromatic carbocycles. The van der Waals surface area contributed by atoms with E-state index in [9.17, 15) is 4.79 Å². The first-order chi connectivity index (χ1) is 10.2. The summed E-state index contributed by atoms with van der Waals surface area (Å²) in [6, 6.07) is 3.69. The summed E-state index contributed by atoms with van der Waals surface area (Å²) in [4.78, 5) is 14.7. The van der Waals surface area contributed by atoms with Gasteiger partial charge in [-0.15, -0.1) is 0 Å². The molecule has 0 radical (unpaired) electrons. The molecular formula is C15H20BrNO4. The van der Waals surface area contributed by atoms with Crippen molar-refractivity contribution in [3.05, 3.63) is 17.7 Å². The topological polar surface area (TPSA) is 48.0 Å². The molecule has 1 amide bonds. The number of alkyl halides is 1. The number of benzene rings is 1. The zero-order chi connectivity index (χ0) is 15.4. The van der Waals surface area contributed by atoms with E-state index in [-0.39, 0.29) is 11.9 Å². The Morgan fingerprint density at radius 1 is 1.24 bits per heavy atom. The number of methoxy groups -OCH3 is 3. The highest BCUT2D eigenvalue weighted by molar-refractivity contribution is 9.09. The Labute approximate surface area is 133 Å². The summed E-state index contributed by atoms with van der Waals surface area (Å²) >= 11 is 3.47. The molecule has 1 aliphatic rings. The van der Waals surface area contributed by atoms with Crippen molar-refractivity contribution >= 4 is 21.8 Å². The summed E-state index contributed by atoms with van der Waals surface area (Å²) in [6.45, 7) is 0.770.